The number of aryl methyl sites for hydroxylation is 2. The van der Waals surface area contributed by atoms with Crippen molar-refractivity contribution in [3.05, 3.63) is 38.9 Å². The molecule has 19 heavy (non-hydrogen) atoms. The van der Waals surface area contributed by atoms with Gasteiger partial charge >= 0.3 is 0 Å². The second-order valence-electron chi connectivity index (χ2n) is 4.62. The monoisotopic (exact) mass is 264 g/mol. The maximum Gasteiger partial charge on any atom is 0.275 e. The Bertz CT molecular complexity index is 498. The number of benzene rings is 1. The number of nitro groups is 1. The van der Waals surface area contributed by atoms with Crippen molar-refractivity contribution in [2.24, 2.45) is 0 Å². The standard InChI is InChI=1S/C13H16N2O4/c1-9-7-11(8-10(2)12(9)15(17)18)13(16)14-3-5-19-6-4-14/h7-8H,3-6H2,1-2H3. The summed E-state index contributed by atoms with van der Waals surface area (Å²) in [5, 5.41) is 10.9. The Balaban J connectivity index is 2.30. The first-order chi connectivity index (χ1) is 9.00. The number of amides is 1. The molecule has 0 radical (unpaired) electrons. The van der Waals surface area contributed by atoms with Crippen molar-refractivity contribution in [3.8, 4) is 0 Å². The minimum absolute atomic E-state index is 0.0820. The minimum atomic E-state index is -0.409. The minimum Gasteiger partial charge on any atom is -0.378 e. The van der Waals surface area contributed by atoms with E-state index in [1.165, 1.54) is 0 Å². The molecular formula is C13H16N2O4. The van der Waals surface area contributed by atoms with E-state index < -0.39 is 4.92 Å². The van der Waals surface area contributed by atoms with Crippen LogP contribution in [-0.2, 0) is 4.74 Å². The zero-order valence-electron chi connectivity index (χ0n) is 11.0. The number of carbonyl (C=O) groups excluding carboxylic acids is 1. The number of hydrogen-bond acceptors (Lipinski definition) is 4. The molecule has 1 fully saturated rings. The molecule has 0 atom stereocenters. The zero-order chi connectivity index (χ0) is 14.0. The molecule has 2 rings (SSSR count). The van der Waals surface area contributed by atoms with Crippen LogP contribution in [-0.4, -0.2) is 42.0 Å². The van der Waals surface area contributed by atoms with E-state index in [1.807, 2.05) is 0 Å². The summed E-state index contributed by atoms with van der Waals surface area (Å²) in [4.78, 5) is 24.5. The van der Waals surface area contributed by atoms with Crippen LogP contribution in [0, 0.1) is 24.0 Å². The molecule has 0 bridgehead atoms. The summed E-state index contributed by atoms with van der Waals surface area (Å²) in [6.45, 7) is 5.51. The summed E-state index contributed by atoms with van der Waals surface area (Å²) in [6, 6.07) is 3.17. The normalized spacial score (nSPS) is 15.4. The van der Waals surface area contributed by atoms with Gasteiger partial charge in [0.1, 0.15) is 0 Å². The van der Waals surface area contributed by atoms with Gasteiger partial charge in [-0.25, -0.2) is 0 Å². The van der Waals surface area contributed by atoms with Crippen LogP contribution in [0.5, 0.6) is 0 Å². The van der Waals surface area contributed by atoms with E-state index in [2.05, 4.69) is 0 Å². The molecule has 0 unspecified atom stereocenters. The lowest BCUT2D eigenvalue weighted by atomic mass is 10.0. The molecule has 1 aromatic rings. The number of nitro benzene ring substituents is 1. The third-order valence-electron chi connectivity index (χ3n) is 3.22. The van der Waals surface area contributed by atoms with Gasteiger partial charge in [0.05, 0.1) is 18.1 Å². The summed E-state index contributed by atoms with van der Waals surface area (Å²) in [7, 11) is 0. The number of nitrogens with zero attached hydrogens (tertiary/aromatic N) is 2. The molecule has 6 nitrogen and oxygen atoms in total. The van der Waals surface area contributed by atoms with Gasteiger partial charge in [-0.15, -0.1) is 0 Å². The van der Waals surface area contributed by atoms with Gasteiger partial charge in [0.2, 0.25) is 0 Å². The SMILES string of the molecule is Cc1cc(C(=O)N2CCOCC2)cc(C)c1[N+](=O)[O-]. The quantitative estimate of drug-likeness (QED) is 0.602. The highest BCUT2D eigenvalue weighted by atomic mass is 16.6. The predicted octanol–water partition coefficient (Wildman–Crippen LogP) is 1.68. The Morgan fingerprint density at radius 1 is 1.26 bits per heavy atom. The van der Waals surface area contributed by atoms with Gasteiger partial charge in [-0.2, -0.15) is 0 Å². The fourth-order valence-corrected chi connectivity index (χ4v) is 2.32. The summed E-state index contributed by atoms with van der Waals surface area (Å²) in [6.07, 6.45) is 0. The molecule has 1 aliphatic heterocycles. The van der Waals surface area contributed by atoms with Crippen LogP contribution in [0.4, 0.5) is 5.69 Å². The van der Waals surface area contributed by atoms with Crippen molar-refractivity contribution < 1.29 is 14.5 Å². The number of ether oxygens (including phenoxy) is 1. The molecule has 102 valence electrons. The van der Waals surface area contributed by atoms with Crippen LogP contribution in [0.25, 0.3) is 0 Å². The lowest BCUT2D eigenvalue weighted by Gasteiger charge is -2.27. The molecule has 0 spiro atoms. The first-order valence-corrected chi connectivity index (χ1v) is 6.13. The molecule has 0 N–H and O–H groups in total. The Labute approximate surface area is 111 Å². The first kappa shape index (κ1) is 13.5. The second kappa shape index (κ2) is 5.36. The lowest BCUT2D eigenvalue weighted by molar-refractivity contribution is -0.386. The Morgan fingerprint density at radius 3 is 2.26 bits per heavy atom. The Kier molecular flexibility index (Phi) is 3.80. The molecule has 1 aromatic carbocycles. The average molecular weight is 264 g/mol. The maximum absolute atomic E-state index is 12.3. The van der Waals surface area contributed by atoms with Gasteiger partial charge in [0.15, 0.2) is 0 Å². The van der Waals surface area contributed by atoms with Crippen molar-refractivity contribution in [2.45, 2.75) is 13.8 Å². The van der Waals surface area contributed by atoms with Crippen LogP contribution < -0.4 is 0 Å². The first-order valence-electron chi connectivity index (χ1n) is 6.13. The van der Waals surface area contributed by atoms with E-state index in [1.54, 1.807) is 30.9 Å². The van der Waals surface area contributed by atoms with Gasteiger partial charge in [0, 0.05) is 29.8 Å². The summed E-state index contributed by atoms with van der Waals surface area (Å²) >= 11 is 0. The van der Waals surface area contributed by atoms with E-state index in [9.17, 15) is 14.9 Å². The third-order valence-corrected chi connectivity index (χ3v) is 3.22. The average Bonchev–Trinajstić information content (AvgIpc) is 2.37. The number of morpholine rings is 1. The topological polar surface area (TPSA) is 72.7 Å². The number of carbonyl (C=O) groups is 1. The zero-order valence-corrected chi connectivity index (χ0v) is 11.0. The van der Waals surface area contributed by atoms with Crippen molar-refractivity contribution in [2.75, 3.05) is 26.3 Å². The highest BCUT2D eigenvalue weighted by Crippen LogP contribution is 2.25. The van der Waals surface area contributed by atoms with Crippen molar-refractivity contribution in [3.63, 3.8) is 0 Å². The van der Waals surface area contributed by atoms with Gasteiger partial charge in [0.25, 0.3) is 11.6 Å². The van der Waals surface area contributed by atoms with Crippen molar-refractivity contribution in [1.82, 2.24) is 4.90 Å². The van der Waals surface area contributed by atoms with Crippen LogP contribution in [0.3, 0.4) is 0 Å². The van der Waals surface area contributed by atoms with E-state index in [0.29, 0.717) is 43.0 Å². The molecule has 0 aromatic heterocycles. The molecule has 1 aliphatic rings. The molecule has 6 heteroatoms. The van der Waals surface area contributed by atoms with Crippen LogP contribution >= 0.6 is 0 Å². The van der Waals surface area contributed by atoms with E-state index in [0.717, 1.165) is 0 Å². The Hall–Kier alpha value is -1.95. The molecule has 0 aliphatic carbocycles. The highest BCUT2D eigenvalue weighted by Gasteiger charge is 2.22. The molecule has 1 saturated heterocycles. The fourth-order valence-electron chi connectivity index (χ4n) is 2.32. The molecule has 0 saturated carbocycles. The van der Waals surface area contributed by atoms with Gasteiger partial charge < -0.3 is 9.64 Å². The smallest absolute Gasteiger partial charge is 0.275 e. The van der Waals surface area contributed by atoms with Crippen LogP contribution in [0.15, 0.2) is 12.1 Å². The van der Waals surface area contributed by atoms with Crippen LogP contribution in [0.2, 0.25) is 0 Å². The van der Waals surface area contributed by atoms with E-state index in [4.69, 9.17) is 4.74 Å². The predicted molar refractivity (Wildman–Crippen MR) is 69.3 cm³/mol. The summed E-state index contributed by atoms with van der Waals surface area (Å²) in [5.74, 6) is -0.0932. The van der Waals surface area contributed by atoms with E-state index in [-0.39, 0.29) is 11.6 Å². The van der Waals surface area contributed by atoms with Gasteiger partial charge in [-0.1, -0.05) is 0 Å². The Morgan fingerprint density at radius 2 is 1.79 bits per heavy atom. The number of hydrogen-bond donors (Lipinski definition) is 0. The molecule has 1 heterocycles. The van der Waals surface area contributed by atoms with Crippen molar-refractivity contribution >= 4 is 11.6 Å². The van der Waals surface area contributed by atoms with Gasteiger partial charge in [-0.05, 0) is 26.0 Å². The molecule has 1 amide bonds. The molecular weight excluding hydrogens is 248 g/mol. The van der Waals surface area contributed by atoms with E-state index >= 15 is 0 Å². The number of rotatable bonds is 2. The highest BCUT2D eigenvalue weighted by molar-refractivity contribution is 5.95. The maximum atomic E-state index is 12.3. The van der Waals surface area contributed by atoms with Crippen LogP contribution in [0.1, 0.15) is 21.5 Å². The largest absolute Gasteiger partial charge is 0.378 e. The summed E-state index contributed by atoms with van der Waals surface area (Å²) in [5.41, 5.74) is 1.62. The third kappa shape index (κ3) is 2.73. The summed E-state index contributed by atoms with van der Waals surface area (Å²) < 4.78 is 5.20. The fraction of sp³-hybridized carbons (Fsp3) is 0.462. The van der Waals surface area contributed by atoms with Gasteiger partial charge in [-0.3, -0.25) is 14.9 Å². The lowest BCUT2D eigenvalue weighted by Crippen LogP contribution is -2.40. The second-order valence-corrected chi connectivity index (χ2v) is 4.62. The van der Waals surface area contributed by atoms with Crippen molar-refractivity contribution in [1.29, 1.82) is 0 Å².